The first-order chi connectivity index (χ1) is 14.8. The zero-order valence-electron chi connectivity index (χ0n) is 16.5. The molecule has 0 aliphatic carbocycles. The van der Waals surface area contributed by atoms with Gasteiger partial charge in [-0.3, -0.25) is 14.9 Å². The van der Waals surface area contributed by atoms with Crippen LogP contribution in [-0.2, 0) is 0 Å². The Morgan fingerprint density at radius 1 is 0.871 bits per heavy atom. The first kappa shape index (κ1) is 22.7. The van der Waals surface area contributed by atoms with E-state index >= 15 is 0 Å². The van der Waals surface area contributed by atoms with E-state index in [1.54, 1.807) is 24.3 Å². The molecule has 3 aromatic rings. The first-order valence-electron chi connectivity index (χ1n) is 9.37. The van der Waals surface area contributed by atoms with Crippen LogP contribution in [0.2, 0.25) is 10.0 Å². The number of benzene rings is 3. The average molecular weight is 472 g/mol. The molecule has 1 unspecified atom stereocenters. The van der Waals surface area contributed by atoms with Crippen molar-refractivity contribution in [2.75, 3.05) is 5.32 Å². The van der Waals surface area contributed by atoms with Gasteiger partial charge in [-0.25, -0.2) is 0 Å². The van der Waals surface area contributed by atoms with E-state index < -0.39 is 5.91 Å². The van der Waals surface area contributed by atoms with Gasteiger partial charge in [-0.2, -0.15) is 0 Å². The van der Waals surface area contributed by atoms with E-state index in [0.29, 0.717) is 21.3 Å². The van der Waals surface area contributed by atoms with Crippen molar-refractivity contribution in [3.05, 3.63) is 99.5 Å². The third kappa shape index (κ3) is 6.28. The second-order valence-electron chi connectivity index (χ2n) is 6.72. The van der Waals surface area contributed by atoms with Gasteiger partial charge in [0.05, 0.1) is 17.3 Å². The lowest BCUT2D eigenvalue weighted by atomic mass is 10.1. The number of anilines is 1. The van der Waals surface area contributed by atoms with Crippen molar-refractivity contribution in [2.24, 2.45) is 0 Å². The molecule has 3 N–H and O–H groups in total. The predicted octanol–water partition coefficient (Wildman–Crippen LogP) is 5.61. The number of rotatable bonds is 5. The molecule has 5 nitrogen and oxygen atoms in total. The van der Waals surface area contributed by atoms with Gasteiger partial charge in [-0.15, -0.1) is 0 Å². The summed E-state index contributed by atoms with van der Waals surface area (Å²) in [6.07, 6.45) is 0. The summed E-state index contributed by atoms with van der Waals surface area (Å²) in [5, 5.41) is 9.15. The summed E-state index contributed by atoms with van der Waals surface area (Å²) in [4.78, 5) is 25.3. The second kappa shape index (κ2) is 10.4. The summed E-state index contributed by atoms with van der Waals surface area (Å²) in [6, 6.07) is 20.9. The molecule has 0 saturated heterocycles. The second-order valence-corrected chi connectivity index (χ2v) is 8.00. The average Bonchev–Trinajstić information content (AvgIpc) is 2.73. The van der Waals surface area contributed by atoms with Gasteiger partial charge >= 0.3 is 0 Å². The Bertz CT molecular complexity index is 1100. The minimum atomic E-state index is -0.471. The molecule has 1 atom stereocenters. The Balaban J connectivity index is 1.69. The highest BCUT2D eigenvalue weighted by atomic mass is 35.5. The molecule has 0 spiro atoms. The minimum Gasteiger partial charge on any atom is -0.345 e. The quantitative estimate of drug-likeness (QED) is 0.422. The maximum Gasteiger partial charge on any atom is 0.257 e. The monoisotopic (exact) mass is 471 g/mol. The molecule has 0 radical (unpaired) electrons. The number of para-hydroxylation sites is 1. The van der Waals surface area contributed by atoms with Crippen LogP contribution in [0.5, 0.6) is 0 Å². The van der Waals surface area contributed by atoms with Crippen molar-refractivity contribution < 1.29 is 9.59 Å². The lowest BCUT2D eigenvalue weighted by Crippen LogP contribution is -2.35. The van der Waals surface area contributed by atoms with Gasteiger partial charge in [-0.1, -0.05) is 65.7 Å². The van der Waals surface area contributed by atoms with Gasteiger partial charge in [0.1, 0.15) is 0 Å². The number of amides is 2. The van der Waals surface area contributed by atoms with Crippen LogP contribution in [0.3, 0.4) is 0 Å². The molecule has 0 bridgehead atoms. The van der Waals surface area contributed by atoms with Crippen molar-refractivity contribution in [1.29, 1.82) is 0 Å². The normalized spacial score (nSPS) is 11.3. The lowest BCUT2D eigenvalue weighted by Gasteiger charge is -2.17. The van der Waals surface area contributed by atoms with Crippen molar-refractivity contribution in [3.8, 4) is 0 Å². The molecule has 0 aliphatic rings. The SMILES string of the molecule is CC(NC(=O)c1ccccc1NC(=S)NC(=O)c1cc(Cl)cc(Cl)c1)c1ccccc1. The van der Waals surface area contributed by atoms with Crippen LogP contribution in [0.1, 0.15) is 39.2 Å². The van der Waals surface area contributed by atoms with Crippen molar-refractivity contribution in [3.63, 3.8) is 0 Å². The van der Waals surface area contributed by atoms with Gasteiger partial charge in [0.2, 0.25) is 0 Å². The van der Waals surface area contributed by atoms with Crippen LogP contribution in [0.4, 0.5) is 5.69 Å². The Kier molecular flexibility index (Phi) is 7.63. The van der Waals surface area contributed by atoms with E-state index in [9.17, 15) is 9.59 Å². The highest BCUT2D eigenvalue weighted by Gasteiger charge is 2.16. The van der Waals surface area contributed by atoms with Crippen molar-refractivity contribution in [1.82, 2.24) is 10.6 Å². The van der Waals surface area contributed by atoms with Gasteiger partial charge in [0.15, 0.2) is 5.11 Å². The molecule has 8 heteroatoms. The van der Waals surface area contributed by atoms with Crippen molar-refractivity contribution in [2.45, 2.75) is 13.0 Å². The molecule has 0 aromatic heterocycles. The lowest BCUT2D eigenvalue weighted by molar-refractivity contribution is 0.0939. The standard InChI is InChI=1S/C23H19Cl2N3O2S/c1-14(15-7-3-2-4-8-15)26-22(30)19-9-5-6-10-20(19)27-23(31)28-21(29)16-11-17(24)13-18(25)12-16/h2-14H,1H3,(H,26,30)(H2,27,28,29,31). The zero-order chi connectivity index (χ0) is 22.4. The fourth-order valence-electron chi connectivity index (χ4n) is 2.90. The number of hydrogen-bond donors (Lipinski definition) is 3. The molecular formula is C23H19Cl2N3O2S. The zero-order valence-corrected chi connectivity index (χ0v) is 18.8. The number of carbonyl (C=O) groups excluding carboxylic acids is 2. The summed E-state index contributed by atoms with van der Waals surface area (Å²) in [6.45, 7) is 1.91. The van der Waals surface area contributed by atoms with Crippen LogP contribution in [-0.4, -0.2) is 16.9 Å². The Hall–Kier alpha value is -2.93. The van der Waals surface area contributed by atoms with Gasteiger partial charge in [-0.05, 0) is 55.0 Å². The number of halogens is 2. The number of carbonyl (C=O) groups is 2. The van der Waals surface area contributed by atoms with Crippen LogP contribution >= 0.6 is 35.4 Å². The summed E-state index contributed by atoms with van der Waals surface area (Å²) < 4.78 is 0. The fraction of sp³-hybridized carbons (Fsp3) is 0.0870. The van der Waals surface area contributed by atoms with Crippen LogP contribution < -0.4 is 16.0 Å². The Labute approximate surface area is 195 Å². The molecule has 0 aliphatic heterocycles. The van der Waals surface area contributed by atoms with Crippen LogP contribution in [0.25, 0.3) is 0 Å². The van der Waals surface area contributed by atoms with E-state index in [4.69, 9.17) is 35.4 Å². The maximum atomic E-state index is 12.8. The molecule has 2 amide bonds. The van der Waals surface area contributed by atoms with E-state index in [-0.39, 0.29) is 22.6 Å². The van der Waals surface area contributed by atoms with Gasteiger partial charge < -0.3 is 10.6 Å². The number of hydrogen-bond acceptors (Lipinski definition) is 3. The highest BCUT2D eigenvalue weighted by Crippen LogP contribution is 2.20. The smallest absolute Gasteiger partial charge is 0.257 e. The highest BCUT2D eigenvalue weighted by molar-refractivity contribution is 7.80. The van der Waals surface area contributed by atoms with Crippen LogP contribution in [0.15, 0.2) is 72.8 Å². The molecule has 0 heterocycles. The molecule has 31 heavy (non-hydrogen) atoms. The van der Waals surface area contributed by atoms with Gasteiger partial charge in [0, 0.05) is 15.6 Å². The van der Waals surface area contributed by atoms with E-state index in [1.807, 2.05) is 37.3 Å². The molecule has 158 valence electrons. The minimum absolute atomic E-state index is 0.0393. The molecule has 0 saturated carbocycles. The third-order valence-electron chi connectivity index (χ3n) is 4.42. The largest absolute Gasteiger partial charge is 0.345 e. The third-order valence-corrected chi connectivity index (χ3v) is 5.06. The molecular weight excluding hydrogens is 453 g/mol. The maximum absolute atomic E-state index is 12.8. The topological polar surface area (TPSA) is 70.2 Å². The first-order valence-corrected chi connectivity index (χ1v) is 10.5. The summed E-state index contributed by atoms with van der Waals surface area (Å²) >= 11 is 17.1. The van der Waals surface area contributed by atoms with E-state index in [2.05, 4.69) is 16.0 Å². The molecule has 0 fully saturated rings. The Morgan fingerprint density at radius 3 is 2.16 bits per heavy atom. The van der Waals surface area contributed by atoms with Crippen molar-refractivity contribution >= 4 is 58.0 Å². The van der Waals surface area contributed by atoms with Gasteiger partial charge in [0.25, 0.3) is 11.8 Å². The van der Waals surface area contributed by atoms with E-state index in [1.165, 1.54) is 18.2 Å². The Morgan fingerprint density at radius 2 is 1.48 bits per heavy atom. The summed E-state index contributed by atoms with van der Waals surface area (Å²) in [5.74, 6) is -0.739. The predicted molar refractivity (Wildman–Crippen MR) is 129 cm³/mol. The summed E-state index contributed by atoms with van der Waals surface area (Å²) in [5.41, 5.74) is 2.12. The summed E-state index contributed by atoms with van der Waals surface area (Å²) in [7, 11) is 0. The van der Waals surface area contributed by atoms with E-state index in [0.717, 1.165) is 5.56 Å². The fourth-order valence-corrected chi connectivity index (χ4v) is 3.63. The molecule has 3 aromatic carbocycles. The molecule has 3 rings (SSSR count). The number of thiocarbonyl (C=S) groups is 1. The number of nitrogens with one attached hydrogen (secondary N) is 3. The van der Waals surface area contributed by atoms with Crippen LogP contribution in [0, 0.1) is 0 Å².